The van der Waals surface area contributed by atoms with E-state index in [1.807, 2.05) is 0 Å². The summed E-state index contributed by atoms with van der Waals surface area (Å²) in [6.07, 6.45) is 0. The number of hydrogen-bond donors (Lipinski definition) is 0. The van der Waals surface area contributed by atoms with E-state index in [4.69, 9.17) is 8.83 Å². The lowest BCUT2D eigenvalue weighted by Crippen LogP contribution is -2.24. The summed E-state index contributed by atoms with van der Waals surface area (Å²) in [6.45, 7) is 19.0. The Hall–Kier alpha value is -8.14. The highest BCUT2D eigenvalue weighted by atomic mass is 16.3. The van der Waals surface area contributed by atoms with Crippen LogP contribution in [0.4, 0.5) is 17.1 Å². The van der Waals surface area contributed by atoms with Gasteiger partial charge in [0.15, 0.2) is 0 Å². The molecule has 3 heteroatoms. The maximum Gasteiger partial charge on any atom is 0.144 e. The number of furan rings is 2. The quantitative estimate of drug-likeness (QED) is 0.176. The van der Waals surface area contributed by atoms with Crippen molar-refractivity contribution in [3.05, 3.63) is 220 Å². The number of aryl methyl sites for hydroxylation is 2. The molecule has 0 atom stereocenters. The molecule has 10 aromatic carbocycles. The van der Waals surface area contributed by atoms with E-state index in [0.717, 1.165) is 50.3 Å². The molecule has 3 aliphatic carbocycles. The fourth-order valence-electron chi connectivity index (χ4n) is 14.0. The van der Waals surface area contributed by atoms with Crippen molar-refractivity contribution >= 4 is 71.7 Å². The summed E-state index contributed by atoms with van der Waals surface area (Å²) in [5, 5.41) is 7.16. The normalized spacial score (nSPS) is 15.3. The van der Waals surface area contributed by atoms with Crippen LogP contribution in [0.1, 0.15) is 86.1 Å². The zero-order valence-corrected chi connectivity index (χ0v) is 42.0. The molecule has 0 bridgehead atoms. The molecule has 346 valence electrons. The fourth-order valence-corrected chi connectivity index (χ4v) is 14.0. The minimum absolute atomic E-state index is 0.220. The van der Waals surface area contributed by atoms with E-state index < -0.39 is 0 Å². The van der Waals surface area contributed by atoms with Crippen LogP contribution < -0.4 is 4.90 Å². The van der Waals surface area contributed by atoms with Crippen LogP contribution in [0.25, 0.3) is 99.2 Å². The first kappa shape index (κ1) is 41.6. The lowest BCUT2D eigenvalue weighted by Gasteiger charge is -2.32. The van der Waals surface area contributed by atoms with Gasteiger partial charge in [0.2, 0.25) is 0 Å². The first-order valence-corrected chi connectivity index (χ1v) is 25.6. The van der Waals surface area contributed by atoms with Crippen LogP contribution in [0, 0.1) is 13.8 Å². The van der Waals surface area contributed by atoms with Crippen LogP contribution >= 0.6 is 0 Å². The van der Waals surface area contributed by atoms with Gasteiger partial charge < -0.3 is 13.7 Å². The summed E-state index contributed by atoms with van der Waals surface area (Å²) in [7, 11) is 0. The Kier molecular flexibility index (Phi) is 8.12. The highest BCUT2D eigenvalue weighted by molar-refractivity contribution is 6.22. The maximum atomic E-state index is 7.08. The Morgan fingerprint density at radius 1 is 0.375 bits per heavy atom. The Balaban J connectivity index is 0.967. The van der Waals surface area contributed by atoms with Gasteiger partial charge in [-0.2, -0.15) is 0 Å². The highest BCUT2D eigenvalue weighted by Crippen LogP contribution is 2.64. The predicted molar refractivity (Wildman–Crippen MR) is 301 cm³/mol. The summed E-state index contributed by atoms with van der Waals surface area (Å²) < 4.78 is 14.0. The smallest absolute Gasteiger partial charge is 0.144 e. The van der Waals surface area contributed by atoms with Gasteiger partial charge in [-0.1, -0.05) is 174 Å². The molecule has 72 heavy (non-hydrogen) atoms. The van der Waals surface area contributed by atoms with Crippen LogP contribution in [0.5, 0.6) is 0 Å². The van der Waals surface area contributed by atoms with Crippen molar-refractivity contribution in [2.75, 3.05) is 4.90 Å². The van der Waals surface area contributed by atoms with Crippen LogP contribution in [0.2, 0.25) is 0 Å². The number of rotatable bonds is 4. The first-order chi connectivity index (χ1) is 34.8. The van der Waals surface area contributed by atoms with Crippen LogP contribution in [0.3, 0.4) is 0 Å². The van der Waals surface area contributed by atoms with Gasteiger partial charge in [0.25, 0.3) is 0 Å². The minimum atomic E-state index is -0.352. The SMILES string of the molecule is Cc1ccc(-c2cc3c(c4c2oc2ccccc24)-c2ccc(N(c4ccc5c(c4)C(C)(C)c4c6c(c7c(oc8ccccc87)c4-5)-c4ccccc4C6(C)C)c4cccc5ccccc45)cc2C3(C)C)c(C)c1. The summed E-state index contributed by atoms with van der Waals surface area (Å²) in [5.41, 5.74) is 26.9. The molecule has 0 amide bonds. The fraction of sp³-hybridized carbons (Fsp3) is 0.159. The molecule has 2 aromatic heterocycles. The third kappa shape index (κ3) is 5.25. The molecule has 15 rings (SSSR count). The average molecular weight is 928 g/mol. The number of para-hydroxylation sites is 2. The van der Waals surface area contributed by atoms with Crippen molar-refractivity contribution < 1.29 is 8.83 Å². The number of hydrogen-bond acceptors (Lipinski definition) is 3. The number of anilines is 3. The molecule has 0 radical (unpaired) electrons. The summed E-state index contributed by atoms with van der Waals surface area (Å²) in [4.78, 5) is 2.52. The van der Waals surface area contributed by atoms with Crippen LogP contribution in [-0.2, 0) is 16.2 Å². The van der Waals surface area contributed by atoms with Crippen molar-refractivity contribution in [1.29, 1.82) is 0 Å². The van der Waals surface area contributed by atoms with Crippen molar-refractivity contribution in [1.82, 2.24) is 0 Å². The van der Waals surface area contributed by atoms with E-state index in [0.29, 0.717) is 0 Å². The standard InChI is InChI=1S/C69H53NO2/c1-38-28-31-43(39(2)34-38)50-37-54-58(60-48-22-12-15-26-56(48)71-65(50)60)46-32-29-41(35-52(46)67(54,3)4)70(55-25-17-19-40-18-9-10-20-44(40)55)42-30-33-47-53(36-42)69(7,8)64-62(47)66-61(49-23-13-16-27-57(49)72-66)59-45-21-11-14-24-51(45)68(5,6)63(59)64/h9-37H,1-8H3. The molecule has 0 fully saturated rings. The Morgan fingerprint density at radius 3 is 1.64 bits per heavy atom. The minimum Gasteiger partial charge on any atom is -0.455 e. The van der Waals surface area contributed by atoms with Crippen molar-refractivity contribution in [2.45, 2.75) is 71.6 Å². The lowest BCUT2D eigenvalue weighted by molar-refractivity contribution is 0.600. The average Bonchev–Trinajstić information content (AvgIpc) is 4.13. The molecule has 0 unspecified atom stereocenters. The molecule has 0 spiro atoms. The molecule has 0 saturated heterocycles. The van der Waals surface area contributed by atoms with E-state index in [-0.39, 0.29) is 16.2 Å². The van der Waals surface area contributed by atoms with Crippen molar-refractivity contribution in [3.8, 4) is 44.5 Å². The molecule has 3 aliphatic rings. The summed E-state index contributed by atoms with van der Waals surface area (Å²) in [5.74, 6) is 0. The molecule has 0 saturated carbocycles. The Morgan fingerprint density at radius 2 is 0.917 bits per heavy atom. The van der Waals surface area contributed by atoms with Gasteiger partial charge in [0.05, 0.1) is 5.69 Å². The van der Waals surface area contributed by atoms with E-state index in [1.165, 1.54) is 110 Å². The van der Waals surface area contributed by atoms with Crippen molar-refractivity contribution in [2.24, 2.45) is 0 Å². The third-order valence-corrected chi connectivity index (χ3v) is 17.4. The van der Waals surface area contributed by atoms with Gasteiger partial charge in [-0.3, -0.25) is 0 Å². The van der Waals surface area contributed by atoms with Gasteiger partial charge in [-0.05, 0) is 140 Å². The van der Waals surface area contributed by atoms with Gasteiger partial charge in [-0.15, -0.1) is 0 Å². The largest absolute Gasteiger partial charge is 0.455 e. The summed E-state index contributed by atoms with van der Waals surface area (Å²) in [6, 6.07) is 65.5. The number of benzene rings is 10. The maximum absolute atomic E-state index is 7.08. The molecular formula is C69H53NO2. The second kappa shape index (κ2) is 14.0. The monoisotopic (exact) mass is 927 g/mol. The topological polar surface area (TPSA) is 29.5 Å². The third-order valence-electron chi connectivity index (χ3n) is 17.4. The van der Waals surface area contributed by atoms with E-state index in [2.05, 4.69) is 236 Å². The Labute approximate surface area is 420 Å². The highest BCUT2D eigenvalue weighted by Gasteiger charge is 2.49. The Bertz CT molecular complexity index is 4390. The first-order valence-electron chi connectivity index (χ1n) is 25.6. The predicted octanol–water partition coefficient (Wildman–Crippen LogP) is 19.3. The van der Waals surface area contributed by atoms with Crippen LogP contribution in [0.15, 0.2) is 185 Å². The van der Waals surface area contributed by atoms with Crippen LogP contribution in [-0.4, -0.2) is 0 Å². The second-order valence-corrected chi connectivity index (χ2v) is 22.5. The van der Waals surface area contributed by atoms with Gasteiger partial charge >= 0.3 is 0 Å². The van der Waals surface area contributed by atoms with E-state index >= 15 is 0 Å². The zero-order valence-electron chi connectivity index (χ0n) is 42.0. The summed E-state index contributed by atoms with van der Waals surface area (Å²) >= 11 is 0. The molecule has 0 aliphatic heterocycles. The van der Waals surface area contributed by atoms with Crippen molar-refractivity contribution in [3.63, 3.8) is 0 Å². The van der Waals surface area contributed by atoms with Gasteiger partial charge in [0, 0.05) is 65.7 Å². The number of fused-ring (bicyclic) bond motifs is 20. The molecule has 0 N–H and O–H groups in total. The second-order valence-electron chi connectivity index (χ2n) is 22.5. The molecule has 12 aromatic rings. The van der Waals surface area contributed by atoms with Gasteiger partial charge in [-0.25, -0.2) is 0 Å². The molecular weight excluding hydrogens is 875 g/mol. The zero-order chi connectivity index (χ0) is 48.7. The molecule has 3 nitrogen and oxygen atoms in total. The van der Waals surface area contributed by atoms with E-state index in [1.54, 1.807) is 0 Å². The lowest BCUT2D eigenvalue weighted by atomic mass is 9.72. The number of nitrogens with zero attached hydrogens (tertiary/aromatic N) is 1. The van der Waals surface area contributed by atoms with Gasteiger partial charge in [0.1, 0.15) is 22.3 Å². The molecule has 2 heterocycles. The van der Waals surface area contributed by atoms with E-state index in [9.17, 15) is 0 Å².